The summed E-state index contributed by atoms with van der Waals surface area (Å²) < 4.78 is 0. The zero-order valence-electron chi connectivity index (χ0n) is 10.3. The van der Waals surface area contributed by atoms with Gasteiger partial charge in [0.2, 0.25) is 5.91 Å². The van der Waals surface area contributed by atoms with Crippen molar-refractivity contribution in [1.82, 2.24) is 16.0 Å². The summed E-state index contributed by atoms with van der Waals surface area (Å²) in [4.78, 5) is 15.3. The molecule has 0 aromatic rings. The van der Waals surface area contributed by atoms with Crippen LogP contribution in [-0.2, 0) is 4.79 Å². The van der Waals surface area contributed by atoms with Crippen LogP contribution in [0.2, 0.25) is 0 Å². The maximum Gasteiger partial charge on any atom is 0.241 e. The molecule has 0 bridgehead atoms. The molecule has 6 heteroatoms. The van der Waals surface area contributed by atoms with E-state index in [1.807, 2.05) is 13.8 Å². The van der Waals surface area contributed by atoms with Crippen molar-refractivity contribution in [3.8, 4) is 0 Å². The fraction of sp³-hybridized carbons (Fsp3) is 0.800. The van der Waals surface area contributed by atoms with E-state index < -0.39 is 0 Å². The summed E-state index contributed by atoms with van der Waals surface area (Å²) in [5.74, 6) is 0.650. The lowest BCUT2D eigenvalue weighted by atomic mass is 10.5. The standard InChI is InChI=1S/C10H22N4O.HI/c1-4-7-13-10(12-6-3)14-8-9(15)11-5-2;/h4-8H2,1-3H3,(H,11,15)(H2,12,13,14);1H. The van der Waals surface area contributed by atoms with Gasteiger partial charge in [-0.2, -0.15) is 0 Å². The van der Waals surface area contributed by atoms with E-state index in [1.165, 1.54) is 0 Å². The van der Waals surface area contributed by atoms with Gasteiger partial charge < -0.3 is 16.0 Å². The van der Waals surface area contributed by atoms with E-state index in [0.29, 0.717) is 12.5 Å². The summed E-state index contributed by atoms with van der Waals surface area (Å²) in [5, 5.41) is 8.90. The monoisotopic (exact) mass is 342 g/mol. The highest BCUT2D eigenvalue weighted by Gasteiger charge is 1.99. The third-order valence-corrected chi connectivity index (χ3v) is 1.64. The van der Waals surface area contributed by atoms with Crippen LogP contribution in [0, 0.1) is 0 Å². The van der Waals surface area contributed by atoms with Crippen molar-refractivity contribution in [2.45, 2.75) is 27.2 Å². The SMILES string of the molecule is CCCNC(=NCC(=O)NCC)NCC.I. The van der Waals surface area contributed by atoms with Gasteiger partial charge in [-0.05, 0) is 20.3 Å². The molecule has 3 N–H and O–H groups in total. The molecule has 0 fully saturated rings. The van der Waals surface area contributed by atoms with E-state index in [4.69, 9.17) is 0 Å². The van der Waals surface area contributed by atoms with Crippen LogP contribution in [0.4, 0.5) is 0 Å². The molecular formula is C10H23IN4O. The lowest BCUT2D eigenvalue weighted by molar-refractivity contribution is -0.119. The van der Waals surface area contributed by atoms with Crippen molar-refractivity contribution in [1.29, 1.82) is 0 Å². The number of rotatable bonds is 6. The molecule has 0 radical (unpaired) electrons. The highest BCUT2D eigenvalue weighted by atomic mass is 127. The summed E-state index contributed by atoms with van der Waals surface area (Å²) >= 11 is 0. The van der Waals surface area contributed by atoms with Gasteiger partial charge in [0.1, 0.15) is 6.54 Å². The summed E-state index contributed by atoms with van der Waals surface area (Å²) in [5.41, 5.74) is 0. The average Bonchev–Trinajstić information content (AvgIpc) is 2.22. The first-order valence-electron chi connectivity index (χ1n) is 5.53. The number of aliphatic imine (C=N–C) groups is 1. The van der Waals surface area contributed by atoms with Gasteiger partial charge in [-0.1, -0.05) is 6.92 Å². The fourth-order valence-electron chi connectivity index (χ4n) is 0.989. The van der Waals surface area contributed by atoms with Gasteiger partial charge >= 0.3 is 0 Å². The molecule has 16 heavy (non-hydrogen) atoms. The first-order chi connectivity index (χ1) is 7.24. The van der Waals surface area contributed by atoms with Gasteiger partial charge in [0.25, 0.3) is 0 Å². The summed E-state index contributed by atoms with van der Waals surface area (Å²) in [7, 11) is 0. The van der Waals surface area contributed by atoms with Crippen LogP contribution in [0.5, 0.6) is 0 Å². The van der Waals surface area contributed by atoms with Crippen molar-refractivity contribution in [3.05, 3.63) is 0 Å². The van der Waals surface area contributed by atoms with E-state index in [1.54, 1.807) is 0 Å². The number of carbonyl (C=O) groups is 1. The fourth-order valence-corrected chi connectivity index (χ4v) is 0.989. The maximum atomic E-state index is 11.2. The molecule has 0 aliphatic rings. The van der Waals surface area contributed by atoms with Crippen LogP contribution in [0.15, 0.2) is 4.99 Å². The molecule has 0 aliphatic heterocycles. The molecule has 0 saturated carbocycles. The van der Waals surface area contributed by atoms with Crippen LogP contribution in [-0.4, -0.2) is 38.0 Å². The number of amides is 1. The number of guanidine groups is 1. The van der Waals surface area contributed by atoms with Crippen LogP contribution in [0.3, 0.4) is 0 Å². The molecule has 0 heterocycles. The number of nitrogens with one attached hydrogen (secondary N) is 3. The maximum absolute atomic E-state index is 11.2. The van der Waals surface area contributed by atoms with Crippen molar-refractivity contribution in [2.24, 2.45) is 4.99 Å². The quantitative estimate of drug-likeness (QED) is 0.378. The Morgan fingerprint density at radius 2 is 1.69 bits per heavy atom. The van der Waals surface area contributed by atoms with Crippen LogP contribution in [0.1, 0.15) is 27.2 Å². The molecule has 1 amide bonds. The predicted octanol–water partition coefficient (Wildman–Crippen LogP) is 0.706. The summed E-state index contributed by atoms with van der Waals surface area (Å²) in [6, 6.07) is 0. The smallest absolute Gasteiger partial charge is 0.241 e. The van der Waals surface area contributed by atoms with Crippen LogP contribution < -0.4 is 16.0 Å². The molecule has 0 unspecified atom stereocenters. The van der Waals surface area contributed by atoms with E-state index in [-0.39, 0.29) is 36.4 Å². The Morgan fingerprint density at radius 3 is 2.19 bits per heavy atom. The summed E-state index contributed by atoms with van der Waals surface area (Å²) in [6.07, 6.45) is 1.03. The topological polar surface area (TPSA) is 65.5 Å². The number of likely N-dealkylation sites (N-methyl/N-ethyl adjacent to an activating group) is 1. The Morgan fingerprint density at radius 1 is 1.06 bits per heavy atom. The van der Waals surface area contributed by atoms with E-state index >= 15 is 0 Å². The van der Waals surface area contributed by atoms with Crippen molar-refractivity contribution in [3.63, 3.8) is 0 Å². The minimum absolute atomic E-state index is 0. The van der Waals surface area contributed by atoms with Crippen molar-refractivity contribution in [2.75, 3.05) is 26.2 Å². The normalized spacial score (nSPS) is 10.3. The Kier molecular flexibility index (Phi) is 14.0. The molecule has 0 rings (SSSR count). The average molecular weight is 342 g/mol. The third kappa shape index (κ3) is 10.0. The molecule has 0 aliphatic carbocycles. The zero-order chi connectivity index (χ0) is 11.5. The minimum Gasteiger partial charge on any atom is -0.357 e. The Labute approximate surface area is 115 Å². The van der Waals surface area contributed by atoms with E-state index in [9.17, 15) is 4.79 Å². The van der Waals surface area contributed by atoms with Gasteiger partial charge in [0.15, 0.2) is 5.96 Å². The largest absolute Gasteiger partial charge is 0.357 e. The molecule has 96 valence electrons. The second-order valence-corrected chi connectivity index (χ2v) is 3.08. The number of carbonyl (C=O) groups excluding carboxylic acids is 1. The van der Waals surface area contributed by atoms with Gasteiger partial charge in [-0.15, -0.1) is 24.0 Å². The van der Waals surface area contributed by atoms with E-state index in [2.05, 4.69) is 27.9 Å². The molecule has 0 aromatic carbocycles. The zero-order valence-corrected chi connectivity index (χ0v) is 12.6. The lowest BCUT2D eigenvalue weighted by Gasteiger charge is -2.09. The highest BCUT2D eigenvalue weighted by Crippen LogP contribution is 1.76. The second-order valence-electron chi connectivity index (χ2n) is 3.08. The Hall–Kier alpha value is -0.530. The van der Waals surface area contributed by atoms with Gasteiger partial charge in [-0.3, -0.25) is 4.79 Å². The molecule has 0 aromatic heterocycles. The van der Waals surface area contributed by atoms with Gasteiger partial charge in [0.05, 0.1) is 0 Å². The van der Waals surface area contributed by atoms with Gasteiger partial charge in [0, 0.05) is 19.6 Å². The molecule has 0 atom stereocenters. The Balaban J connectivity index is 0. The molecule has 0 spiro atoms. The van der Waals surface area contributed by atoms with Crippen molar-refractivity contribution >= 4 is 35.8 Å². The highest BCUT2D eigenvalue weighted by molar-refractivity contribution is 14.0. The van der Waals surface area contributed by atoms with Crippen molar-refractivity contribution < 1.29 is 4.79 Å². The van der Waals surface area contributed by atoms with Crippen LogP contribution >= 0.6 is 24.0 Å². The summed E-state index contributed by atoms with van der Waals surface area (Å²) in [6.45, 7) is 8.45. The number of hydrogen-bond donors (Lipinski definition) is 3. The predicted molar refractivity (Wildman–Crippen MR) is 78.4 cm³/mol. The first kappa shape index (κ1) is 17.9. The minimum atomic E-state index is -0.0498. The van der Waals surface area contributed by atoms with E-state index in [0.717, 1.165) is 19.5 Å². The lowest BCUT2D eigenvalue weighted by Crippen LogP contribution is -2.38. The molecular weight excluding hydrogens is 319 g/mol. The van der Waals surface area contributed by atoms with Gasteiger partial charge in [-0.25, -0.2) is 4.99 Å². The number of nitrogens with zero attached hydrogens (tertiary/aromatic N) is 1. The third-order valence-electron chi connectivity index (χ3n) is 1.64. The second kappa shape index (κ2) is 12.5. The molecule has 0 saturated heterocycles. The molecule has 5 nitrogen and oxygen atoms in total. The Bertz CT molecular complexity index is 209. The first-order valence-corrected chi connectivity index (χ1v) is 5.53. The number of hydrogen-bond acceptors (Lipinski definition) is 2. The van der Waals surface area contributed by atoms with Crippen LogP contribution in [0.25, 0.3) is 0 Å². The number of halogens is 1.